The first-order valence-corrected chi connectivity index (χ1v) is 4.82. The average molecular weight is 185 g/mol. The van der Waals surface area contributed by atoms with Crippen LogP contribution in [0.25, 0.3) is 0 Å². The van der Waals surface area contributed by atoms with E-state index in [1.807, 2.05) is 14.0 Å². The Labute approximate surface area is 79.8 Å². The number of hydrogen-bond acceptors (Lipinski definition) is 3. The molecule has 13 heavy (non-hydrogen) atoms. The minimum atomic E-state index is -0.403. The molecule has 0 aromatic heterocycles. The Hall–Kier alpha value is -0.570. The zero-order valence-electron chi connectivity index (χ0n) is 8.94. The molecule has 0 aliphatic heterocycles. The van der Waals surface area contributed by atoms with Gasteiger partial charge in [0.25, 0.3) is 0 Å². The molecular weight excluding hydrogens is 166 g/mol. The van der Waals surface area contributed by atoms with E-state index in [2.05, 4.69) is 19.2 Å². The Morgan fingerprint density at radius 3 is 2.31 bits per heavy atom. The molecule has 0 aromatic rings. The van der Waals surface area contributed by atoms with E-state index in [0.717, 1.165) is 12.8 Å². The molecule has 1 N–H and O–H groups in total. The van der Waals surface area contributed by atoms with Crippen LogP contribution in [0.3, 0.4) is 0 Å². The standard InChI is InChI=1S/C10H19NO2/c1-5-13-8(12)10(11-4)6-9(2,3)7-10/h11H,5-7H2,1-4H3. The summed E-state index contributed by atoms with van der Waals surface area (Å²) in [5, 5.41) is 3.08. The van der Waals surface area contributed by atoms with Gasteiger partial charge < -0.3 is 10.1 Å². The fourth-order valence-electron chi connectivity index (χ4n) is 2.27. The van der Waals surface area contributed by atoms with Crippen LogP contribution < -0.4 is 5.32 Å². The molecule has 0 bridgehead atoms. The van der Waals surface area contributed by atoms with Crippen molar-refractivity contribution >= 4 is 5.97 Å². The van der Waals surface area contributed by atoms with E-state index in [0.29, 0.717) is 6.61 Å². The normalized spacial score (nSPS) is 23.4. The van der Waals surface area contributed by atoms with Crippen molar-refractivity contribution in [3.05, 3.63) is 0 Å². The summed E-state index contributed by atoms with van der Waals surface area (Å²) in [5.41, 5.74) is -0.130. The Kier molecular flexibility index (Phi) is 2.66. The molecule has 1 aliphatic carbocycles. The number of hydrogen-bond donors (Lipinski definition) is 1. The predicted octanol–water partition coefficient (Wildman–Crippen LogP) is 1.33. The summed E-state index contributed by atoms with van der Waals surface area (Å²) in [7, 11) is 1.83. The second-order valence-electron chi connectivity index (χ2n) is 4.57. The highest BCUT2D eigenvalue weighted by atomic mass is 16.5. The van der Waals surface area contributed by atoms with Crippen LogP contribution >= 0.6 is 0 Å². The van der Waals surface area contributed by atoms with Gasteiger partial charge in [-0.1, -0.05) is 13.8 Å². The maximum atomic E-state index is 11.6. The van der Waals surface area contributed by atoms with Crippen LogP contribution in [0.1, 0.15) is 33.6 Å². The lowest BCUT2D eigenvalue weighted by atomic mass is 9.59. The number of likely N-dealkylation sites (N-methyl/N-ethyl adjacent to an activating group) is 1. The Morgan fingerprint density at radius 1 is 1.46 bits per heavy atom. The topological polar surface area (TPSA) is 38.3 Å². The van der Waals surface area contributed by atoms with E-state index >= 15 is 0 Å². The smallest absolute Gasteiger partial charge is 0.326 e. The van der Waals surface area contributed by atoms with Gasteiger partial charge in [0.15, 0.2) is 0 Å². The highest BCUT2D eigenvalue weighted by Crippen LogP contribution is 2.48. The largest absolute Gasteiger partial charge is 0.465 e. The van der Waals surface area contributed by atoms with Crippen LogP contribution in [0.5, 0.6) is 0 Å². The molecule has 0 radical (unpaired) electrons. The minimum absolute atomic E-state index is 0.100. The molecule has 3 heteroatoms. The lowest BCUT2D eigenvalue weighted by Gasteiger charge is -2.50. The van der Waals surface area contributed by atoms with Crippen molar-refractivity contribution in [2.24, 2.45) is 5.41 Å². The molecule has 0 heterocycles. The summed E-state index contributed by atoms with van der Waals surface area (Å²) in [6, 6.07) is 0. The maximum absolute atomic E-state index is 11.6. The molecule has 3 nitrogen and oxygen atoms in total. The first-order valence-electron chi connectivity index (χ1n) is 4.82. The van der Waals surface area contributed by atoms with Crippen LogP contribution in [0.4, 0.5) is 0 Å². The van der Waals surface area contributed by atoms with Gasteiger partial charge in [0.2, 0.25) is 0 Å². The minimum Gasteiger partial charge on any atom is -0.465 e. The summed E-state index contributed by atoms with van der Waals surface area (Å²) in [6.07, 6.45) is 1.74. The lowest BCUT2D eigenvalue weighted by Crippen LogP contribution is -2.63. The summed E-state index contributed by atoms with van der Waals surface area (Å²) in [6.45, 7) is 6.64. The second-order valence-corrected chi connectivity index (χ2v) is 4.57. The third-order valence-corrected chi connectivity index (χ3v) is 2.71. The van der Waals surface area contributed by atoms with E-state index in [-0.39, 0.29) is 11.4 Å². The van der Waals surface area contributed by atoms with E-state index in [4.69, 9.17) is 4.74 Å². The predicted molar refractivity (Wildman–Crippen MR) is 51.4 cm³/mol. The first kappa shape index (κ1) is 10.5. The molecule has 0 atom stereocenters. The molecule has 1 rings (SSSR count). The Balaban J connectivity index is 2.59. The average Bonchev–Trinajstić information content (AvgIpc) is 1.99. The van der Waals surface area contributed by atoms with Crippen molar-refractivity contribution in [1.82, 2.24) is 5.32 Å². The first-order chi connectivity index (χ1) is 5.96. The van der Waals surface area contributed by atoms with Gasteiger partial charge >= 0.3 is 5.97 Å². The molecule has 1 fully saturated rings. The van der Waals surface area contributed by atoms with Gasteiger partial charge in [-0.15, -0.1) is 0 Å². The van der Waals surface area contributed by atoms with Crippen molar-refractivity contribution in [3.8, 4) is 0 Å². The van der Waals surface area contributed by atoms with Crippen molar-refractivity contribution in [1.29, 1.82) is 0 Å². The van der Waals surface area contributed by atoms with Crippen molar-refractivity contribution in [2.75, 3.05) is 13.7 Å². The van der Waals surface area contributed by atoms with Crippen LogP contribution in [-0.4, -0.2) is 25.2 Å². The Morgan fingerprint density at radius 2 is 2.00 bits per heavy atom. The third kappa shape index (κ3) is 1.85. The number of carbonyl (C=O) groups excluding carboxylic acids is 1. The van der Waals surface area contributed by atoms with Crippen molar-refractivity contribution in [2.45, 2.75) is 39.2 Å². The number of esters is 1. The van der Waals surface area contributed by atoms with E-state index < -0.39 is 5.54 Å². The summed E-state index contributed by atoms with van der Waals surface area (Å²) in [4.78, 5) is 11.6. The number of ether oxygens (including phenoxy) is 1. The quantitative estimate of drug-likeness (QED) is 0.674. The fraction of sp³-hybridized carbons (Fsp3) is 0.900. The molecule has 76 valence electrons. The van der Waals surface area contributed by atoms with Gasteiger partial charge in [-0.25, -0.2) is 0 Å². The molecule has 0 amide bonds. The van der Waals surface area contributed by atoms with Crippen molar-refractivity contribution in [3.63, 3.8) is 0 Å². The maximum Gasteiger partial charge on any atom is 0.326 e. The second kappa shape index (κ2) is 3.29. The van der Waals surface area contributed by atoms with E-state index in [9.17, 15) is 4.79 Å². The van der Waals surface area contributed by atoms with Crippen LogP contribution in [-0.2, 0) is 9.53 Å². The van der Waals surface area contributed by atoms with Gasteiger partial charge in [-0.05, 0) is 32.2 Å². The molecule has 1 aliphatic rings. The number of carbonyl (C=O) groups is 1. The Bertz CT molecular complexity index is 203. The fourth-order valence-corrected chi connectivity index (χ4v) is 2.27. The highest BCUT2D eigenvalue weighted by molar-refractivity contribution is 5.82. The monoisotopic (exact) mass is 185 g/mol. The van der Waals surface area contributed by atoms with Crippen molar-refractivity contribution < 1.29 is 9.53 Å². The van der Waals surface area contributed by atoms with Crippen LogP contribution in [0.15, 0.2) is 0 Å². The molecule has 0 saturated heterocycles. The summed E-state index contributed by atoms with van der Waals surface area (Å²) >= 11 is 0. The van der Waals surface area contributed by atoms with Crippen LogP contribution in [0, 0.1) is 5.41 Å². The summed E-state index contributed by atoms with van der Waals surface area (Å²) < 4.78 is 5.03. The number of rotatable bonds is 3. The zero-order valence-corrected chi connectivity index (χ0v) is 8.94. The van der Waals surface area contributed by atoms with Gasteiger partial charge in [0.05, 0.1) is 6.61 Å². The molecule has 0 aromatic carbocycles. The van der Waals surface area contributed by atoms with Gasteiger partial charge in [-0.2, -0.15) is 0 Å². The van der Waals surface area contributed by atoms with E-state index in [1.54, 1.807) is 0 Å². The SMILES string of the molecule is CCOC(=O)C1(NC)CC(C)(C)C1. The molecule has 1 saturated carbocycles. The highest BCUT2D eigenvalue weighted by Gasteiger charge is 2.54. The van der Waals surface area contributed by atoms with Crippen LogP contribution in [0.2, 0.25) is 0 Å². The molecule has 0 unspecified atom stereocenters. The molecule has 0 spiro atoms. The molecular formula is C10H19NO2. The van der Waals surface area contributed by atoms with Gasteiger partial charge in [0, 0.05) is 0 Å². The third-order valence-electron chi connectivity index (χ3n) is 2.71. The van der Waals surface area contributed by atoms with Gasteiger partial charge in [-0.3, -0.25) is 4.79 Å². The van der Waals surface area contributed by atoms with Gasteiger partial charge in [0.1, 0.15) is 5.54 Å². The lowest BCUT2D eigenvalue weighted by molar-refractivity contribution is -0.161. The zero-order chi connectivity index (χ0) is 10.1. The summed E-state index contributed by atoms with van der Waals surface area (Å²) in [5.74, 6) is -0.100. The number of nitrogens with one attached hydrogen (secondary N) is 1. The van der Waals surface area contributed by atoms with E-state index in [1.165, 1.54) is 0 Å².